The average molecular weight is 299 g/mol. The number of benzene rings is 1. The molecule has 22 heavy (non-hydrogen) atoms. The second kappa shape index (κ2) is 6.68. The highest BCUT2D eigenvalue weighted by molar-refractivity contribution is 5.95. The van der Waals surface area contributed by atoms with E-state index in [1.807, 2.05) is 29.2 Å². The topological polar surface area (TPSA) is 63.9 Å². The Morgan fingerprint density at radius 1 is 1.32 bits per heavy atom. The number of hydrogen-bond acceptors (Lipinski definition) is 4. The third-order valence-corrected chi connectivity index (χ3v) is 4.32. The maximum Gasteiger partial charge on any atom is 0.254 e. The van der Waals surface area contributed by atoms with Crippen molar-refractivity contribution in [2.24, 2.45) is 0 Å². The molecule has 0 aliphatic heterocycles. The average Bonchev–Trinajstić information content (AvgIpc) is 3.11. The molecule has 1 aliphatic rings. The van der Waals surface area contributed by atoms with E-state index in [0.29, 0.717) is 11.6 Å². The van der Waals surface area contributed by atoms with E-state index in [4.69, 9.17) is 0 Å². The number of amides is 1. The third kappa shape index (κ3) is 3.00. The van der Waals surface area contributed by atoms with Crippen molar-refractivity contribution in [3.05, 3.63) is 36.2 Å². The van der Waals surface area contributed by atoms with Gasteiger partial charge in [-0.05, 0) is 48.4 Å². The van der Waals surface area contributed by atoms with Crippen molar-refractivity contribution >= 4 is 5.91 Å². The first-order chi connectivity index (χ1) is 10.8. The van der Waals surface area contributed by atoms with Crippen LogP contribution in [0.3, 0.4) is 0 Å². The van der Waals surface area contributed by atoms with E-state index in [-0.39, 0.29) is 5.91 Å². The minimum atomic E-state index is 0.101. The second-order valence-electron chi connectivity index (χ2n) is 5.69. The molecular weight excluding hydrogens is 278 g/mol. The highest BCUT2D eigenvalue weighted by atomic mass is 16.2. The summed E-state index contributed by atoms with van der Waals surface area (Å²) in [6.45, 7) is 2.80. The molecule has 0 bridgehead atoms. The van der Waals surface area contributed by atoms with E-state index in [0.717, 1.165) is 25.1 Å². The van der Waals surface area contributed by atoms with Crippen LogP contribution in [0, 0.1) is 0 Å². The van der Waals surface area contributed by atoms with Gasteiger partial charge in [-0.15, -0.1) is 5.10 Å². The lowest BCUT2D eigenvalue weighted by Crippen LogP contribution is -2.41. The van der Waals surface area contributed by atoms with Crippen LogP contribution in [0.15, 0.2) is 30.6 Å². The van der Waals surface area contributed by atoms with E-state index < -0.39 is 0 Å². The fraction of sp³-hybridized carbons (Fsp3) is 0.500. The Labute approximate surface area is 130 Å². The number of carbonyl (C=O) groups excluding carboxylic acids is 1. The van der Waals surface area contributed by atoms with E-state index in [2.05, 4.69) is 22.4 Å². The highest BCUT2D eigenvalue weighted by Gasteiger charge is 2.25. The molecule has 1 saturated carbocycles. The molecule has 0 unspecified atom stereocenters. The van der Waals surface area contributed by atoms with Crippen LogP contribution in [-0.4, -0.2) is 43.6 Å². The van der Waals surface area contributed by atoms with E-state index in [9.17, 15) is 4.79 Å². The van der Waals surface area contributed by atoms with Gasteiger partial charge in [0.15, 0.2) is 0 Å². The van der Waals surface area contributed by atoms with Gasteiger partial charge in [0.05, 0.1) is 5.69 Å². The van der Waals surface area contributed by atoms with Crippen molar-refractivity contribution in [2.75, 3.05) is 6.54 Å². The number of tetrazole rings is 1. The first kappa shape index (κ1) is 14.7. The smallest absolute Gasteiger partial charge is 0.254 e. The molecule has 0 spiro atoms. The molecule has 0 N–H and O–H groups in total. The minimum Gasteiger partial charge on any atom is -0.336 e. The largest absolute Gasteiger partial charge is 0.336 e. The lowest BCUT2D eigenvalue weighted by molar-refractivity contribution is 0.0648. The molecule has 0 saturated heterocycles. The zero-order chi connectivity index (χ0) is 15.4. The number of rotatable bonds is 4. The maximum absolute atomic E-state index is 12.9. The maximum atomic E-state index is 12.9. The number of aromatic nitrogens is 4. The van der Waals surface area contributed by atoms with Crippen molar-refractivity contribution in [3.63, 3.8) is 0 Å². The van der Waals surface area contributed by atoms with Gasteiger partial charge in [0, 0.05) is 18.2 Å². The number of hydrogen-bond donors (Lipinski definition) is 0. The van der Waals surface area contributed by atoms with Gasteiger partial charge in [0.25, 0.3) is 5.91 Å². The predicted octanol–water partition coefficient (Wildman–Crippen LogP) is 2.46. The van der Waals surface area contributed by atoms with Crippen molar-refractivity contribution in [2.45, 2.75) is 45.1 Å². The summed E-state index contributed by atoms with van der Waals surface area (Å²) in [5.74, 6) is 0.101. The molecule has 1 aliphatic carbocycles. The second-order valence-corrected chi connectivity index (χ2v) is 5.69. The lowest BCUT2D eigenvalue weighted by atomic mass is 9.93. The van der Waals surface area contributed by atoms with Crippen molar-refractivity contribution < 1.29 is 4.79 Å². The molecule has 1 aromatic carbocycles. The predicted molar refractivity (Wildman–Crippen MR) is 82.7 cm³/mol. The van der Waals surface area contributed by atoms with Crippen LogP contribution in [-0.2, 0) is 0 Å². The summed E-state index contributed by atoms with van der Waals surface area (Å²) in [6, 6.07) is 7.86. The van der Waals surface area contributed by atoms with Gasteiger partial charge in [0.2, 0.25) is 0 Å². The Hall–Kier alpha value is -2.24. The summed E-state index contributed by atoms with van der Waals surface area (Å²) in [5, 5.41) is 11.1. The summed E-state index contributed by atoms with van der Waals surface area (Å²) in [5.41, 5.74) is 1.50. The summed E-state index contributed by atoms with van der Waals surface area (Å²) in [6.07, 6.45) is 7.50. The molecule has 116 valence electrons. The summed E-state index contributed by atoms with van der Waals surface area (Å²) in [7, 11) is 0. The molecule has 2 aromatic rings. The van der Waals surface area contributed by atoms with E-state index in [1.165, 1.54) is 25.6 Å². The van der Waals surface area contributed by atoms with Crippen molar-refractivity contribution in [1.82, 2.24) is 25.1 Å². The number of nitrogens with zero attached hydrogens (tertiary/aromatic N) is 5. The van der Waals surface area contributed by atoms with Gasteiger partial charge in [0.1, 0.15) is 6.33 Å². The molecule has 1 amide bonds. The first-order valence-corrected chi connectivity index (χ1v) is 7.94. The molecule has 3 rings (SSSR count). The molecule has 6 nitrogen and oxygen atoms in total. The quantitative estimate of drug-likeness (QED) is 0.870. The molecule has 0 radical (unpaired) electrons. The molecule has 6 heteroatoms. The van der Waals surface area contributed by atoms with Gasteiger partial charge in [-0.1, -0.05) is 25.3 Å². The fourth-order valence-corrected chi connectivity index (χ4v) is 3.19. The Kier molecular flexibility index (Phi) is 4.46. The Bertz CT molecular complexity index is 619. The molecule has 1 heterocycles. The van der Waals surface area contributed by atoms with E-state index in [1.54, 1.807) is 4.68 Å². The van der Waals surface area contributed by atoms with Crippen LogP contribution in [0.5, 0.6) is 0 Å². The zero-order valence-electron chi connectivity index (χ0n) is 12.9. The lowest BCUT2D eigenvalue weighted by Gasteiger charge is -2.33. The molecule has 1 aromatic heterocycles. The SMILES string of the molecule is CCN(C(=O)c1cccc(-n2cnnn2)c1)C1CCCCC1. The summed E-state index contributed by atoms with van der Waals surface area (Å²) >= 11 is 0. The van der Waals surface area contributed by atoms with Crippen LogP contribution in [0.4, 0.5) is 0 Å². The Morgan fingerprint density at radius 2 is 2.14 bits per heavy atom. The zero-order valence-corrected chi connectivity index (χ0v) is 12.9. The Morgan fingerprint density at radius 3 is 2.82 bits per heavy atom. The van der Waals surface area contributed by atoms with Gasteiger partial charge >= 0.3 is 0 Å². The van der Waals surface area contributed by atoms with Crippen molar-refractivity contribution in [1.29, 1.82) is 0 Å². The van der Waals surface area contributed by atoms with Gasteiger partial charge in [-0.25, -0.2) is 4.68 Å². The normalized spacial score (nSPS) is 15.7. The molecule has 1 fully saturated rings. The monoisotopic (exact) mass is 299 g/mol. The molecule has 0 atom stereocenters. The van der Waals surface area contributed by atoms with Crippen LogP contribution in [0.1, 0.15) is 49.4 Å². The molecular formula is C16H21N5O. The van der Waals surface area contributed by atoms with Crippen LogP contribution < -0.4 is 0 Å². The van der Waals surface area contributed by atoms with Crippen molar-refractivity contribution in [3.8, 4) is 5.69 Å². The fourth-order valence-electron chi connectivity index (χ4n) is 3.19. The first-order valence-electron chi connectivity index (χ1n) is 7.94. The van der Waals surface area contributed by atoms with Crippen LogP contribution in [0.2, 0.25) is 0 Å². The summed E-state index contributed by atoms with van der Waals surface area (Å²) < 4.78 is 1.56. The van der Waals surface area contributed by atoms with Gasteiger partial charge < -0.3 is 4.90 Å². The van der Waals surface area contributed by atoms with E-state index >= 15 is 0 Å². The Balaban J connectivity index is 1.82. The summed E-state index contributed by atoms with van der Waals surface area (Å²) in [4.78, 5) is 14.9. The minimum absolute atomic E-state index is 0.101. The van der Waals surface area contributed by atoms with Gasteiger partial charge in [-0.3, -0.25) is 4.79 Å². The van der Waals surface area contributed by atoms with Crippen LogP contribution in [0.25, 0.3) is 5.69 Å². The van der Waals surface area contributed by atoms with Crippen LogP contribution >= 0.6 is 0 Å². The highest BCUT2D eigenvalue weighted by Crippen LogP contribution is 2.24. The number of carbonyl (C=O) groups is 1. The standard InChI is InChI=1S/C16H21N5O/c1-2-20(14-8-4-3-5-9-14)16(22)13-7-6-10-15(11-13)21-12-17-18-19-21/h6-7,10-12,14H,2-5,8-9H2,1H3. The third-order valence-electron chi connectivity index (χ3n) is 4.32. The van der Waals surface area contributed by atoms with Gasteiger partial charge in [-0.2, -0.15) is 0 Å².